The molecular weight excluding hydrogens is 352 g/mol. The Kier molecular flexibility index (Phi) is 5.58. The van der Waals surface area contributed by atoms with Gasteiger partial charge < -0.3 is 10.1 Å². The summed E-state index contributed by atoms with van der Waals surface area (Å²) in [7, 11) is 0. The molecule has 2 aromatic carbocycles. The fraction of sp³-hybridized carbons (Fsp3) is 0.211. The lowest BCUT2D eigenvalue weighted by Gasteiger charge is -2.23. The summed E-state index contributed by atoms with van der Waals surface area (Å²) in [5.41, 5.74) is 1.32. The summed E-state index contributed by atoms with van der Waals surface area (Å²) in [6.07, 6.45) is 1.25. The molecule has 1 N–H and O–H groups in total. The van der Waals surface area contributed by atoms with E-state index in [9.17, 15) is 14.4 Å². The first-order chi connectivity index (χ1) is 12.6. The van der Waals surface area contributed by atoms with Crippen molar-refractivity contribution >= 4 is 29.7 Å². The van der Waals surface area contributed by atoms with Crippen molar-refractivity contribution in [3.63, 3.8) is 0 Å². The van der Waals surface area contributed by atoms with Gasteiger partial charge in [-0.3, -0.25) is 9.59 Å². The van der Waals surface area contributed by atoms with Gasteiger partial charge in [-0.1, -0.05) is 36.4 Å². The first kappa shape index (κ1) is 18.0. The van der Waals surface area contributed by atoms with Gasteiger partial charge in [-0.2, -0.15) is 0 Å². The highest BCUT2D eigenvalue weighted by atomic mass is 32.2. The van der Waals surface area contributed by atoms with E-state index < -0.39 is 18.0 Å². The third-order valence-corrected chi connectivity index (χ3v) is 4.77. The Morgan fingerprint density at radius 2 is 1.96 bits per heavy atom. The second-order valence-electron chi connectivity index (χ2n) is 5.73. The van der Waals surface area contributed by atoms with E-state index in [0.29, 0.717) is 5.56 Å². The average molecular weight is 370 g/mol. The average Bonchev–Trinajstić information content (AvgIpc) is 3.00. The minimum absolute atomic E-state index is 0.0235. The van der Waals surface area contributed by atoms with E-state index in [2.05, 4.69) is 5.32 Å². The Balaban J connectivity index is 1.82. The van der Waals surface area contributed by atoms with Crippen molar-refractivity contribution < 1.29 is 19.1 Å². The van der Waals surface area contributed by atoms with Crippen molar-refractivity contribution in [1.29, 1.82) is 0 Å². The Labute approximate surface area is 155 Å². The standard InChI is InChI=1S/C19H18N2O4S/c1-26-15-9-5-8-14(10-15)18(23)20-16(13-6-3-2-4-7-13)11-21-17(22)12-25-19(21)24/h2-10,16H,11-12H2,1H3,(H,20,23). The van der Waals surface area contributed by atoms with Gasteiger partial charge in [0.05, 0.1) is 12.6 Å². The van der Waals surface area contributed by atoms with Crippen LogP contribution in [0, 0.1) is 0 Å². The zero-order valence-corrected chi connectivity index (χ0v) is 15.0. The number of nitrogens with zero attached hydrogens (tertiary/aromatic N) is 1. The van der Waals surface area contributed by atoms with Crippen LogP contribution in [0.15, 0.2) is 59.5 Å². The van der Waals surface area contributed by atoms with Crippen LogP contribution in [0.2, 0.25) is 0 Å². The fourth-order valence-electron chi connectivity index (χ4n) is 2.67. The molecule has 7 heteroatoms. The molecule has 1 fully saturated rings. The van der Waals surface area contributed by atoms with Crippen LogP contribution in [0.5, 0.6) is 0 Å². The van der Waals surface area contributed by atoms with Crippen molar-refractivity contribution in [2.45, 2.75) is 10.9 Å². The summed E-state index contributed by atoms with van der Waals surface area (Å²) < 4.78 is 4.76. The second kappa shape index (κ2) is 8.05. The van der Waals surface area contributed by atoms with E-state index in [1.165, 1.54) is 0 Å². The topological polar surface area (TPSA) is 75.7 Å². The highest BCUT2D eigenvalue weighted by molar-refractivity contribution is 7.98. The summed E-state index contributed by atoms with van der Waals surface area (Å²) in [5.74, 6) is -0.677. The van der Waals surface area contributed by atoms with Crippen LogP contribution in [0.3, 0.4) is 0 Å². The highest BCUT2D eigenvalue weighted by Crippen LogP contribution is 2.20. The van der Waals surface area contributed by atoms with E-state index in [-0.39, 0.29) is 19.1 Å². The number of carbonyl (C=O) groups excluding carboxylic acids is 3. The van der Waals surface area contributed by atoms with Gasteiger partial charge in [0.25, 0.3) is 11.8 Å². The summed E-state index contributed by atoms with van der Waals surface area (Å²) in [5, 5.41) is 2.92. The van der Waals surface area contributed by atoms with Crippen LogP contribution in [-0.4, -0.2) is 42.2 Å². The molecule has 3 amide bonds. The van der Waals surface area contributed by atoms with Crippen molar-refractivity contribution in [1.82, 2.24) is 10.2 Å². The number of benzene rings is 2. The van der Waals surface area contributed by atoms with Crippen molar-refractivity contribution in [3.05, 3.63) is 65.7 Å². The van der Waals surface area contributed by atoms with Crippen LogP contribution < -0.4 is 5.32 Å². The van der Waals surface area contributed by atoms with Gasteiger partial charge in [-0.15, -0.1) is 11.8 Å². The fourth-order valence-corrected chi connectivity index (χ4v) is 3.13. The third-order valence-electron chi connectivity index (χ3n) is 4.04. The number of carbonyl (C=O) groups is 3. The first-order valence-electron chi connectivity index (χ1n) is 8.05. The molecule has 6 nitrogen and oxygen atoms in total. The highest BCUT2D eigenvalue weighted by Gasteiger charge is 2.33. The molecule has 3 rings (SSSR count). The van der Waals surface area contributed by atoms with Crippen LogP contribution in [0.1, 0.15) is 22.0 Å². The molecule has 1 aliphatic rings. The molecule has 1 saturated heterocycles. The molecule has 1 aliphatic heterocycles. The number of hydrogen-bond donors (Lipinski definition) is 1. The van der Waals surface area contributed by atoms with Crippen LogP contribution in [0.25, 0.3) is 0 Å². The Bertz CT molecular complexity index is 809. The molecule has 1 heterocycles. The van der Waals surface area contributed by atoms with E-state index in [0.717, 1.165) is 15.4 Å². The maximum Gasteiger partial charge on any atom is 0.417 e. The maximum absolute atomic E-state index is 12.7. The Morgan fingerprint density at radius 1 is 1.19 bits per heavy atom. The summed E-state index contributed by atoms with van der Waals surface area (Å²) in [6, 6.07) is 16.0. The van der Waals surface area contributed by atoms with Gasteiger partial charge in [-0.25, -0.2) is 9.69 Å². The molecule has 26 heavy (non-hydrogen) atoms. The van der Waals surface area contributed by atoms with E-state index >= 15 is 0 Å². The van der Waals surface area contributed by atoms with Crippen LogP contribution >= 0.6 is 11.8 Å². The zero-order valence-electron chi connectivity index (χ0n) is 14.2. The van der Waals surface area contributed by atoms with Gasteiger partial charge in [0.1, 0.15) is 0 Å². The molecular formula is C19H18N2O4S. The number of cyclic esters (lactones) is 1. The summed E-state index contributed by atoms with van der Waals surface area (Å²) in [6.45, 7) is -0.236. The van der Waals surface area contributed by atoms with Gasteiger partial charge in [-0.05, 0) is 30.0 Å². The lowest BCUT2D eigenvalue weighted by molar-refractivity contribution is -0.126. The number of amides is 3. The van der Waals surface area contributed by atoms with Crippen molar-refractivity contribution in [2.75, 3.05) is 19.4 Å². The first-order valence-corrected chi connectivity index (χ1v) is 9.28. The maximum atomic E-state index is 12.7. The van der Waals surface area contributed by atoms with E-state index in [1.54, 1.807) is 23.9 Å². The number of nitrogens with one attached hydrogen (secondary N) is 1. The number of hydrogen-bond acceptors (Lipinski definition) is 5. The largest absolute Gasteiger partial charge is 0.439 e. The second-order valence-corrected chi connectivity index (χ2v) is 6.61. The number of thioether (sulfide) groups is 1. The monoisotopic (exact) mass is 370 g/mol. The smallest absolute Gasteiger partial charge is 0.417 e. The van der Waals surface area contributed by atoms with E-state index in [1.807, 2.05) is 48.7 Å². The zero-order chi connectivity index (χ0) is 18.5. The molecule has 1 unspecified atom stereocenters. The van der Waals surface area contributed by atoms with Crippen LogP contribution in [-0.2, 0) is 9.53 Å². The minimum Gasteiger partial charge on any atom is -0.439 e. The van der Waals surface area contributed by atoms with Gasteiger partial charge in [0.15, 0.2) is 6.61 Å². The minimum atomic E-state index is -0.686. The Morgan fingerprint density at radius 3 is 2.62 bits per heavy atom. The van der Waals surface area contributed by atoms with Gasteiger partial charge in [0.2, 0.25) is 0 Å². The predicted octanol–water partition coefficient (Wildman–Crippen LogP) is 2.86. The lowest BCUT2D eigenvalue weighted by Crippen LogP contribution is -2.40. The van der Waals surface area contributed by atoms with Crippen molar-refractivity contribution in [2.24, 2.45) is 0 Å². The Hall–Kier alpha value is -2.80. The van der Waals surface area contributed by atoms with Crippen LogP contribution in [0.4, 0.5) is 4.79 Å². The van der Waals surface area contributed by atoms with E-state index in [4.69, 9.17) is 4.74 Å². The van der Waals surface area contributed by atoms with Gasteiger partial charge in [0, 0.05) is 10.5 Å². The molecule has 134 valence electrons. The molecule has 0 saturated carbocycles. The number of ether oxygens (including phenoxy) is 1. The van der Waals surface area contributed by atoms with Crippen molar-refractivity contribution in [3.8, 4) is 0 Å². The molecule has 2 aromatic rings. The SMILES string of the molecule is CSc1cccc(C(=O)NC(CN2C(=O)COC2=O)c2ccccc2)c1. The lowest BCUT2D eigenvalue weighted by atomic mass is 10.1. The quantitative estimate of drug-likeness (QED) is 0.792. The molecule has 0 spiro atoms. The molecule has 0 aliphatic carbocycles. The summed E-state index contributed by atoms with van der Waals surface area (Å²) in [4.78, 5) is 38.3. The number of rotatable bonds is 6. The third kappa shape index (κ3) is 4.05. The van der Waals surface area contributed by atoms with Gasteiger partial charge >= 0.3 is 6.09 Å². The summed E-state index contributed by atoms with van der Waals surface area (Å²) >= 11 is 1.55. The molecule has 0 aromatic heterocycles. The molecule has 1 atom stereocenters. The molecule has 0 bridgehead atoms. The molecule has 0 radical (unpaired) electrons. The number of imide groups is 1. The predicted molar refractivity (Wildman–Crippen MR) is 97.9 cm³/mol. The normalized spacial score (nSPS) is 14.9.